The minimum atomic E-state index is 0.252. The van der Waals surface area contributed by atoms with Crippen LogP contribution in [0, 0.1) is 11.3 Å². The standard InChI is InChI=1S/C6H7N3/c1-5-3-9-6(2-7)4-8-5/h3-5,8H,1H3. The number of rotatable bonds is 0. The van der Waals surface area contributed by atoms with Gasteiger partial charge in [0.05, 0.1) is 6.04 Å². The third-order valence-electron chi connectivity index (χ3n) is 1.03. The Labute approximate surface area is 53.7 Å². The van der Waals surface area contributed by atoms with Gasteiger partial charge in [0.2, 0.25) is 0 Å². The van der Waals surface area contributed by atoms with Gasteiger partial charge in [-0.3, -0.25) is 0 Å². The first-order valence-electron chi connectivity index (χ1n) is 2.73. The molecule has 0 fully saturated rings. The first kappa shape index (κ1) is 5.83. The zero-order valence-electron chi connectivity index (χ0n) is 5.13. The van der Waals surface area contributed by atoms with Gasteiger partial charge < -0.3 is 5.32 Å². The normalized spacial score (nSPS) is 24.0. The molecule has 0 aliphatic carbocycles. The smallest absolute Gasteiger partial charge is 0.155 e. The Morgan fingerprint density at radius 3 is 3.11 bits per heavy atom. The molecule has 1 aliphatic rings. The monoisotopic (exact) mass is 121 g/mol. The van der Waals surface area contributed by atoms with Crippen LogP contribution < -0.4 is 5.32 Å². The van der Waals surface area contributed by atoms with E-state index in [1.807, 2.05) is 13.0 Å². The third-order valence-corrected chi connectivity index (χ3v) is 1.03. The van der Waals surface area contributed by atoms with Gasteiger partial charge in [0.1, 0.15) is 6.07 Å². The molecule has 9 heavy (non-hydrogen) atoms. The highest BCUT2D eigenvalue weighted by atomic mass is 15.0. The van der Waals surface area contributed by atoms with Gasteiger partial charge in [-0.25, -0.2) is 4.99 Å². The molecule has 3 heteroatoms. The van der Waals surface area contributed by atoms with E-state index in [1.54, 1.807) is 12.4 Å². The second kappa shape index (κ2) is 2.31. The van der Waals surface area contributed by atoms with Crippen molar-refractivity contribution in [3.63, 3.8) is 0 Å². The molecule has 1 unspecified atom stereocenters. The van der Waals surface area contributed by atoms with Gasteiger partial charge in [0, 0.05) is 12.4 Å². The average Bonchev–Trinajstić information content (AvgIpc) is 1.90. The summed E-state index contributed by atoms with van der Waals surface area (Å²) in [5.74, 6) is 0. The average molecular weight is 121 g/mol. The quantitative estimate of drug-likeness (QED) is 0.504. The van der Waals surface area contributed by atoms with E-state index in [4.69, 9.17) is 5.26 Å². The second-order valence-electron chi connectivity index (χ2n) is 1.87. The van der Waals surface area contributed by atoms with Crippen LogP contribution in [0.4, 0.5) is 0 Å². The maximum absolute atomic E-state index is 8.31. The van der Waals surface area contributed by atoms with Crippen molar-refractivity contribution >= 4 is 6.21 Å². The maximum Gasteiger partial charge on any atom is 0.155 e. The van der Waals surface area contributed by atoms with Crippen molar-refractivity contribution in [2.75, 3.05) is 0 Å². The van der Waals surface area contributed by atoms with E-state index in [-0.39, 0.29) is 6.04 Å². The van der Waals surface area contributed by atoms with Crippen molar-refractivity contribution in [3.8, 4) is 6.07 Å². The first-order valence-corrected chi connectivity index (χ1v) is 2.73. The topological polar surface area (TPSA) is 48.2 Å². The minimum Gasteiger partial charge on any atom is -0.381 e. The summed E-state index contributed by atoms with van der Waals surface area (Å²) in [6, 6.07) is 2.18. The predicted molar refractivity (Wildman–Crippen MR) is 34.8 cm³/mol. The van der Waals surface area contributed by atoms with Crippen LogP contribution >= 0.6 is 0 Å². The number of hydrogen-bond donors (Lipinski definition) is 1. The van der Waals surface area contributed by atoms with E-state index in [0.29, 0.717) is 5.70 Å². The van der Waals surface area contributed by atoms with Crippen molar-refractivity contribution in [2.45, 2.75) is 13.0 Å². The van der Waals surface area contributed by atoms with E-state index in [2.05, 4.69) is 10.3 Å². The molecule has 1 heterocycles. The van der Waals surface area contributed by atoms with Crippen LogP contribution in [0.3, 0.4) is 0 Å². The Morgan fingerprint density at radius 1 is 1.89 bits per heavy atom. The number of hydrogen-bond acceptors (Lipinski definition) is 3. The van der Waals surface area contributed by atoms with Crippen LogP contribution in [0.5, 0.6) is 0 Å². The van der Waals surface area contributed by atoms with Gasteiger partial charge in [-0.05, 0) is 6.92 Å². The number of nitrogens with zero attached hydrogens (tertiary/aromatic N) is 2. The highest BCUT2D eigenvalue weighted by Gasteiger charge is 2.00. The lowest BCUT2D eigenvalue weighted by Gasteiger charge is -2.08. The molecular weight excluding hydrogens is 114 g/mol. The zero-order valence-corrected chi connectivity index (χ0v) is 5.13. The molecule has 1 aliphatic heterocycles. The molecule has 46 valence electrons. The van der Waals surface area contributed by atoms with Crippen molar-refractivity contribution in [1.29, 1.82) is 5.26 Å². The Morgan fingerprint density at radius 2 is 2.67 bits per heavy atom. The molecular formula is C6H7N3. The second-order valence-corrected chi connectivity index (χ2v) is 1.87. The van der Waals surface area contributed by atoms with Crippen LogP contribution in [-0.4, -0.2) is 12.3 Å². The molecule has 0 spiro atoms. The summed E-state index contributed by atoms with van der Waals surface area (Å²) in [5, 5.41) is 11.3. The minimum absolute atomic E-state index is 0.252. The van der Waals surface area contributed by atoms with Crippen LogP contribution in [0.15, 0.2) is 16.9 Å². The highest BCUT2D eigenvalue weighted by molar-refractivity contribution is 5.67. The van der Waals surface area contributed by atoms with Gasteiger partial charge in [-0.1, -0.05) is 0 Å². The lowest BCUT2D eigenvalue weighted by Crippen LogP contribution is -2.24. The SMILES string of the molecule is CC1C=NC(C#N)=CN1. The van der Waals surface area contributed by atoms with Crippen molar-refractivity contribution < 1.29 is 0 Å². The predicted octanol–water partition coefficient (Wildman–Crippen LogP) is 0.414. The summed E-state index contributed by atoms with van der Waals surface area (Å²) >= 11 is 0. The summed E-state index contributed by atoms with van der Waals surface area (Å²) in [6.07, 6.45) is 3.32. The fraction of sp³-hybridized carbons (Fsp3) is 0.333. The lowest BCUT2D eigenvalue weighted by molar-refractivity contribution is 0.799. The molecule has 3 nitrogen and oxygen atoms in total. The molecule has 0 bridgehead atoms. The summed E-state index contributed by atoms with van der Waals surface area (Å²) in [4.78, 5) is 3.84. The summed E-state index contributed by atoms with van der Waals surface area (Å²) in [7, 11) is 0. The summed E-state index contributed by atoms with van der Waals surface area (Å²) in [6.45, 7) is 1.97. The largest absolute Gasteiger partial charge is 0.381 e. The summed E-state index contributed by atoms with van der Waals surface area (Å²) < 4.78 is 0. The molecule has 1 rings (SSSR count). The number of allylic oxidation sites excluding steroid dienone is 1. The molecule has 0 aromatic heterocycles. The third kappa shape index (κ3) is 1.29. The van der Waals surface area contributed by atoms with Crippen LogP contribution in [-0.2, 0) is 0 Å². The Kier molecular flexibility index (Phi) is 1.50. The van der Waals surface area contributed by atoms with Crippen molar-refractivity contribution in [3.05, 3.63) is 11.9 Å². The Balaban J connectivity index is 2.66. The van der Waals surface area contributed by atoms with Gasteiger partial charge in [-0.2, -0.15) is 5.26 Å². The van der Waals surface area contributed by atoms with Gasteiger partial charge in [0.15, 0.2) is 5.70 Å². The molecule has 0 aromatic rings. The molecule has 0 aromatic carbocycles. The van der Waals surface area contributed by atoms with E-state index in [1.165, 1.54) is 0 Å². The van der Waals surface area contributed by atoms with Gasteiger partial charge in [-0.15, -0.1) is 0 Å². The molecule has 0 saturated heterocycles. The molecule has 0 amide bonds. The Hall–Kier alpha value is -1.30. The van der Waals surface area contributed by atoms with E-state index >= 15 is 0 Å². The molecule has 1 atom stereocenters. The van der Waals surface area contributed by atoms with Gasteiger partial charge in [0.25, 0.3) is 0 Å². The highest BCUT2D eigenvalue weighted by Crippen LogP contribution is 1.96. The van der Waals surface area contributed by atoms with Crippen molar-refractivity contribution in [1.82, 2.24) is 5.32 Å². The van der Waals surface area contributed by atoms with E-state index in [9.17, 15) is 0 Å². The van der Waals surface area contributed by atoms with Gasteiger partial charge >= 0.3 is 0 Å². The van der Waals surface area contributed by atoms with Crippen LogP contribution in [0.25, 0.3) is 0 Å². The van der Waals surface area contributed by atoms with E-state index < -0.39 is 0 Å². The number of nitrogens with one attached hydrogen (secondary N) is 1. The van der Waals surface area contributed by atoms with E-state index in [0.717, 1.165) is 0 Å². The fourth-order valence-corrected chi connectivity index (χ4v) is 0.544. The van der Waals surface area contributed by atoms with Crippen LogP contribution in [0.1, 0.15) is 6.92 Å². The molecule has 0 radical (unpaired) electrons. The Bertz CT molecular complexity index is 197. The first-order chi connectivity index (χ1) is 4.33. The lowest BCUT2D eigenvalue weighted by atomic mass is 10.3. The summed E-state index contributed by atoms with van der Waals surface area (Å²) in [5.41, 5.74) is 0.438. The molecule has 1 N–H and O–H groups in total. The number of nitriles is 1. The maximum atomic E-state index is 8.31. The van der Waals surface area contributed by atoms with Crippen LogP contribution in [0.2, 0.25) is 0 Å². The zero-order chi connectivity index (χ0) is 6.69. The van der Waals surface area contributed by atoms with Crippen molar-refractivity contribution in [2.24, 2.45) is 4.99 Å². The molecule has 0 saturated carbocycles. The fourth-order valence-electron chi connectivity index (χ4n) is 0.544. The number of aliphatic imine (C=N–C) groups is 1.